The van der Waals surface area contributed by atoms with E-state index in [1.165, 1.54) is 7.11 Å². The summed E-state index contributed by atoms with van der Waals surface area (Å²) in [5, 5.41) is 5.81. The molecule has 0 radical (unpaired) electrons. The van der Waals surface area contributed by atoms with Crippen molar-refractivity contribution in [2.45, 2.75) is 6.92 Å². The van der Waals surface area contributed by atoms with Crippen LogP contribution in [0.4, 0.5) is 0 Å². The molecular formula is C4H7N3O2. The van der Waals surface area contributed by atoms with Gasteiger partial charge >= 0.3 is 5.69 Å². The molecule has 0 aliphatic rings. The van der Waals surface area contributed by atoms with Gasteiger partial charge in [-0.1, -0.05) is 0 Å². The molecule has 0 fully saturated rings. The molecule has 1 N–H and O–H groups in total. The van der Waals surface area contributed by atoms with Crippen LogP contribution in [0.15, 0.2) is 4.79 Å². The highest BCUT2D eigenvalue weighted by atomic mass is 16.7. The standard InChI is InChI=1S/C4H7N3O2/c1-3-5-6-4(8)7(3)9-2/h1-2H3,(H,6,8). The Morgan fingerprint density at radius 1 is 1.78 bits per heavy atom. The zero-order chi connectivity index (χ0) is 6.85. The summed E-state index contributed by atoms with van der Waals surface area (Å²) < 4.78 is 1.07. The second-order valence-corrected chi connectivity index (χ2v) is 1.55. The average molecular weight is 129 g/mol. The molecule has 0 spiro atoms. The number of aromatic nitrogens is 3. The van der Waals surface area contributed by atoms with Crippen LogP contribution in [-0.2, 0) is 0 Å². The number of hydrogen-bond donors (Lipinski definition) is 1. The Kier molecular flexibility index (Phi) is 1.26. The van der Waals surface area contributed by atoms with Crippen molar-refractivity contribution < 1.29 is 4.84 Å². The summed E-state index contributed by atoms with van der Waals surface area (Å²) in [7, 11) is 1.41. The number of rotatable bonds is 1. The lowest BCUT2D eigenvalue weighted by atomic mass is 10.7. The first-order valence-electron chi connectivity index (χ1n) is 2.44. The third-order valence-electron chi connectivity index (χ3n) is 0.974. The van der Waals surface area contributed by atoms with Crippen molar-refractivity contribution in [3.63, 3.8) is 0 Å². The van der Waals surface area contributed by atoms with Crippen molar-refractivity contribution in [2.24, 2.45) is 0 Å². The fraction of sp³-hybridized carbons (Fsp3) is 0.500. The monoisotopic (exact) mass is 129 g/mol. The minimum atomic E-state index is -0.352. The van der Waals surface area contributed by atoms with Gasteiger partial charge in [0.1, 0.15) is 7.11 Å². The maximum Gasteiger partial charge on any atom is 0.376 e. The number of hydrogen-bond acceptors (Lipinski definition) is 3. The van der Waals surface area contributed by atoms with E-state index in [1.807, 2.05) is 0 Å². The Bertz CT molecular complexity index is 249. The number of nitrogens with zero attached hydrogens (tertiary/aromatic N) is 2. The van der Waals surface area contributed by atoms with Crippen LogP contribution in [0.5, 0.6) is 0 Å². The summed E-state index contributed by atoms with van der Waals surface area (Å²) in [6, 6.07) is 0. The number of aryl methyl sites for hydroxylation is 1. The van der Waals surface area contributed by atoms with Crippen LogP contribution in [0.1, 0.15) is 5.82 Å². The van der Waals surface area contributed by atoms with Crippen molar-refractivity contribution in [2.75, 3.05) is 7.11 Å². The Morgan fingerprint density at radius 3 is 2.67 bits per heavy atom. The Balaban J connectivity index is 3.23. The molecule has 50 valence electrons. The molecule has 1 aromatic heterocycles. The Hall–Kier alpha value is -1.26. The zero-order valence-corrected chi connectivity index (χ0v) is 5.21. The van der Waals surface area contributed by atoms with Gasteiger partial charge in [0.2, 0.25) is 0 Å². The largest absolute Gasteiger partial charge is 0.411 e. The van der Waals surface area contributed by atoms with Crippen LogP contribution >= 0.6 is 0 Å². The van der Waals surface area contributed by atoms with Crippen molar-refractivity contribution in [3.8, 4) is 0 Å². The van der Waals surface area contributed by atoms with Gasteiger partial charge in [-0.3, -0.25) is 0 Å². The van der Waals surface area contributed by atoms with Crippen molar-refractivity contribution in [1.82, 2.24) is 14.9 Å². The molecule has 0 aliphatic heterocycles. The van der Waals surface area contributed by atoms with E-state index in [4.69, 9.17) is 0 Å². The van der Waals surface area contributed by atoms with Crippen molar-refractivity contribution in [1.29, 1.82) is 0 Å². The molecule has 9 heavy (non-hydrogen) atoms. The van der Waals surface area contributed by atoms with E-state index in [0.29, 0.717) is 5.82 Å². The van der Waals surface area contributed by atoms with E-state index in [1.54, 1.807) is 6.92 Å². The minimum Gasteiger partial charge on any atom is -0.411 e. The molecule has 0 atom stereocenters. The van der Waals surface area contributed by atoms with E-state index in [2.05, 4.69) is 15.0 Å². The average Bonchev–Trinajstić information content (AvgIpc) is 2.12. The summed E-state index contributed by atoms with van der Waals surface area (Å²) in [4.78, 5) is 15.2. The topological polar surface area (TPSA) is 59.9 Å². The minimum absolute atomic E-state index is 0.352. The SMILES string of the molecule is COn1c(C)n[nH]c1=O. The van der Waals surface area contributed by atoms with Gasteiger partial charge in [0.15, 0.2) is 5.82 Å². The van der Waals surface area contributed by atoms with Gasteiger partial charge in [0.25, 0.3) is 0 Å². The molecule has 5 heteroatoms. The molecule has 1 rings (SSSR count). The third kappa shape index (κ3) is 0.802. The van der Waals surface area contributed by atoms with Gasteiger partial charge in [-0.15, -0.1) is 4.73 Å². The molecule has 5 nitrogen and oxygen atoms in total. The zero-order valence-electron chi connectivity index (χ0n) is 5.21. The van der Waals surface area contributed by atoms with Crippen molar-refractivity contribution in [3.05, 3.63) is 16.3 Å². The first kappa shape index (κ1) is 5.87. The second-order valence-electron chi connectivity index (χ2n) is 1.55. The van der Waals surface area contributed by atoms with E-state index in [9.17, 15) is 4.79 Å². The number of aromatic amines is 1. The highest BCUT2D eigenvalue weighted by Gasteiger charge is 1.99. The van der Waals surface area contributed by atoms with Crippen LogP contribution in [0.3, 0.4) is 0 Å². The summed E-state index contributed by atoms with van der Waals surface area (Å²) in [6.07, 6.45) is 0. The van der Waals surface area contributed by atoms with Gasteiger partial charge in [0, 0.05) is 0 Å². The first-order chi connectivity index (χ1) is 4.25. The van der Waals surface area contributed by atoms with E-state index < -0.39 is 0 Å². The predicted octanol–water partition coefficient (Wildman–Crippen LogP) is -1.06. The molecule has 0 saturated heterocycles. The molecule has 0 bridgehead atoms. The lowest BCUT2D eigenvalue weighted by molar-refractivity contribution is 0.151. The smallest absolute Gasteiger partial charge is 0.376 e. The highest BCUT2D eigenvalue weighted by Crippen LogP contribution is 1.78. The molecule has 0 saturated carbocycles. The molecule has 0 aliphatic carbocycles. The molecule has 1 aromatic rings. The molecular weight excluding hydrogens is 122 g/mol. The summed E-state index contributed by atoms with van der Waals surface area (Å²) in [5.41, 5.74) is -0.352. The maximum absolute atomic E-state index is 10.6. The molecule has 0 unspecified atom stereocenters. The van der Waals surface area contributed by atoms with E-state index in [-0.39, 0.29) is 5.69 Å². The lowest BCUT2D eigenvalue weighted by Gasteiger charge is -1.95. The summed E-state index contributed by atoms with van der Waals surface area (Å²) in [6.45, 7) is 1.67. The Morgan fingerprint density at radius 2 is 2.44 bits per heavy atom. The number of H-pyrrole nitrogens is 1. The summed E-state index contributed by atoms with van der Waals surface area (Å²) in [5.74, 6) is 0.516. The van der Waals surface area contributed by atoms with Gasteiger partial charge in [0.05, 0.1) is 0 Å². The van der Waals surface area contributed by atoms with Crippen LogP contribution in [0, 0.1) is 6.92 Å². The van der Waals surface area contributed by atoms with Gasteiger partial charge in [-0.2, -0.15) is 5.10 Å². The van der Waals surface area contributed by atoms with Crippen LogP contribution in [0.25, 0.3) is 0 Å². The van der Waals surface area contributed by atoms with E-state index in [0.717, 1.165) is 4.73 Å². The highest BCUT2D eigenvalue weighted by molar-refractivity contribution is 4.76. The predicted molar refractivity (Wildman–Crippen MR) is 30.1 cm³/mol. The van der Waals surface area contributed by atoms with Crippen LogP contribution in [0.2, 0.25) is 0 Å². The fourth-order valence-corrected chi connectivity index (χ4v) is 0.582. The quantitative estimate of drug-likeness (QED) is 0.525. The van der Waals surface area contributed by atoms with Gasteiger partial charge in [-0.25, -0.2) is 9.89 Å². The normalized spacial score (nSPS) is 9.56. The van der Waals surface area contributed by atoms with Gasteiger partial charge in [-0.05, 0) is 6.92 Å². The van der Waals surface area contributed by atoms with E-state index >= 15 is 0 Å². The summed E-state index contributed by atoms with van der Waals surface area (Å²) >= 11 is 0. The first-order valence-corrected chi connectivity index (χ1v) is 2.44. The maximum atomic E-state index is 10.6. The van der Waals surface area contributed by atoms with Crippen LogP contribution in [-0.4, -0.2) is 22.0 Å². The third-order valence-corrected chi connectivity index (χ3v) is 0.974. The lowest BCUT2D eigenvalue weighted by Crippen LogP contribution is -2.22. The van der Waals surface area contributed by atoms with Gasteiger partial charge < -0.3 is 4.84 Å². The second kappa shape index (κ2) is 1.93. The molecule has 0 amide bonds. The van der Waals surface area contributed by atoms with Crippen molar-refractivity contribution >= 4 is 0 Å². The molecule has 0 aromatic carbocycles. The van der Waals surface area contributed by atoms with Crippen LogP contribution < -0.4 is 10.5 Å². The fourth-order valence-electron chi connectivity index (χ4n) is 0.582. The molecule has 1 heterocycles. The Labute approximate surface area is 51.2 Å². The number of nitrogens with one attached hydrogen (secondary N) is 1.